The minimum absolute atomic E-state index is 0.0713. The van der Waals surface area contributed by atoms with Crippen LogP contribution in [0.2, 0.25) is 0 Å². The molecule has 0 atom stereocenters. The molecule has 0 saturated heterocycles. The lowest BCUT2D eigenvalue weighted by atomic mass is 10.2. The lowest BCUT2D eigenvalue weighted by molar-refractivity contribution is 0.0975. The van der Waals surface area contributed by atoms with Crippen LogP contribution in [0.5, 0.6) is 0 Å². The Morgan fingerprint density at radius 3 is 2.84 bits per heavy atom. The maximum atomic E-state index is 12.2. The first-order valence-corrected chi connectivity index (χ1v) is 6.57. The molecular weight excluding hydrogens is 240 g/mol. The SMILES string of the molecule is O=C(CCNC1CC1)c1cnnn1-c1ccccc1. The Balaban J connectivity index is 1.70. The molecule has 1 heterocycles. The van der Waals surface area contributed by atoms with Crippen molar-refractivity contribution in [3.05, 3.63) is 42.2 Å². The van der Waals surface area contributed by atoms with E-state index in [9.17, 15) is 4.79 Å². The second kappa shape index (κ2) is 5.32. The van der Waals surface area contributed by atoms with Gasteiger partial charge in [-0.2, -0.15) is 0 Å². The Morgan fingerprint density at radius 1 is 1.32 bits per heavy atom. The lowest BCUT2D eigenvalue weighted by Gasteiger charge is -2.05. The fourth-order valence-electron chi connectivity index (χ4n) is 1.99. The molecule has 0 aliphatic heterocycles. The maximum Gasteiger partial charge on any atom is 0.184 e. The predicted molar refractivity (Wildman–Crippen MR) is 71.3 cm³/mol. The number of para-hydroxylation sites is 1. The number of benzene rings is 1. The van der Waals surface area contributed by atoms with E-state index in [0.717, 1.165) is 12.2 Å². The first-order chi connectivity index (χ1) is 9.34. The molecule has 2 aromatic rings. The quantitative estimate of drug-likeness (QED) is 0.797. The van der Waals surface area contributed by atoms with Crippen LogP contribution in [0.4, 0.5) is 0 Å². The number of hydrogen-bond acceptors (Lipinski definition) is 4. The van der Waals surface area contributed by atoms with E-state index in [0.29, 0.717) is 18.2 Å². The fourth-order valence-corrected chi connectivity index (χ4v) is 1.99. The summed E-state index contributed by atoms with van der Waals surface area (Å²) in [5.74, 6) is 0.0713. The minimum atomic E-state index is 0.0713. The van der Waals surface area contributed by atoms with Gasteiger partial charge in [0.25, 0.3) is 0 Å². The van der Waals surface area contributed by atoms with Crippen LogP contribution >= 0.6 is 0 Å². The van der Waals surface area contributed by atoms with E-state index in [1.165, 1.54) is 19.0 Å². The number of carbonyl (C=O) groups excluding carboxylic acids is 1. The average Bonchev–Trinajstić information content (AvgIpc) is 3.13. The van der Waals surface area contributed by atoms with Crippen LogP contribution in [0, 0.1) is 0 Å². The molecule has 1 fully saturated rings. The molecule has 1 saturated carbocycles. The van der Waals surface area contributed by atoms with Crippen molar-refractivity contribution in [2.75, 3.05) is 6.54 Å². The Hall–Kier alpha value is -2.01. The smallest absolute Gasteiger partial charge is 0.184 e. The molecule has 0 spiro atoms. The Morgan fingerprint density at radius 2 is 2.11 bits per heavy atom. The van der Waals surface area contributed by atoms with Gasteiger partial charge in [0.1, 0.15) is 5.69 Å². The Labute approximate surface area is 111 Å². The fraction of sp³-hybridized carbons (Fsp3) is 0.357. The molecule has 19 heavy (non-hydrogen) atoms. The van der Waals surface area contributed by atoms with Crippen LogP contribution in [0.1, 0.15) is 29.8 Å². The molecule has 1 aliphatic rings. The van der Waals surface area contributed by atoms with Gasteiger partial charge >= 0.3 is 0 Å². The van der Waals surface area contributed by atoms with Gasteiger partial charge in [0.2, 0.25) is 0 Å². The van der Waals surface area contributed by atoms with Crippen LogP contribution in [0.25, 0.3) is 5.69 Å². The van der Waals surface area contributed by atoms with E-state index in [2.05, 4.69) is 15.6 Å². The predicted octanol–water partition coefficient (Wildman–Crippen LogP) is 1.59. The van der Waals surface area contributed by atoms with Gasteiger partial charge < -0.3 is 5.32 Å². The third-order valence-electron chi connectivity index (χ3n) is 3.20. The summed E-state index contributed by atoms with van der Waals surface area (Å²) >= 11 is 0. The molecule has 3 rings (SSSR count). The highest BCUT2D eigenvalue weighted by molar-refractivity contribution is 5.94. The zero-order chi connectivity index (χ0) is 13.1. The number of aromatic nitrogens is 3. The van der Waals surface area contributed by atoms with E-state index < -0.39 is 0 Å². The van der Waals surface area contributed by atoms with E-state index in [-0.39, 0.29) is 5.78 Å². The maximum absolute atomic E-state index is 12.2. The summed E-state index contributed by atoms with van der Waals surface area (Å²) in [5.41, 5.74) is 1.40. The first kappa shape index (κ1) is 12.0. The molecule has 0 unspecified atom stereocenters. The Kier molecular flexibility index (Phi) is 3.37. The molecule has 0 bridgehead atoms. The number of nitrogens with zero attached hydrogens (tertiary/aromatic N) is 3. The number of nitrogens with one attached hydrogen (secondary N) is 1. The molecule has 1 N–H and O–H groups in total. The van der Waals surface area contributed by atoms with Crippen molar-refractivity contribution in [1.82, 2.24) is 20.3 Å². The summed E-state index contributed by atoms with van der Waals surface area (Å²) in [7, 11) is 0. The summed E-state index contributed by atoms with van der Waals surface area (Å²) in [6, 6.07) is 10.2. The van der Waals surface area contributed by atoms with Crippen molar-refractivity contribution in [2.24, 2.45) is 0 Å². The molecule has 1 aliphatic carbocycles. The molecule has 1 aromatic carbocycles. The number of hydrogen-bond donors (Lipinski definition) is 1. The molecule has 0 radical (unpaired) electrons. The third-order valence-corrected chi connectivity index (χ3v) is 3.20. The van der Waals surface area contributed by atoms with Crippen molar-refractivity contribution >= 4 is 5.78 Å². The van der Waals surface area contributed by atoms with E-state index in [1.54, 1.807) is 4.68 Å². The minimum Gasteiger partial charge on any atom is -0.314 e. The number of ketones is 1. The molecule has 5 nitrogen and oxygen atoms in total. The highest BCUT2D eigenvalue weighted by Gasteiger charge is 2.21. The summed E-state index contributed by atoms with van der Waals surface area (Å²) in [6.07, 6.45) is 4.48. The third kappa shape index (κ3) is 2.88. The van der Waals surface area contributed by atoms with Gasteiger partial charge in [0.15, 0.2) is 5.78 Å². The second-order valence-corrected chi connectivity index (χ2v) is 4.77. The van der Waals surface area contributed by atoms with Gasteiger partial charge in [-0.15, -0.1) is 5.10 Å². The van der Waals surface area contributed by atoms with Gasteiger partial charge in [0, 0.05) is 19.0 Å². The van der Waals surface area contributed by atoms with Gasteiger partial charge in [-0.3, -0.25) is 4.79 Å². The van der Waals surface area contributed by atoms with Crippen molar-refractivity contribution in [1.29, 1.82) is 0 Å². The topological polar surface area (TPSA) is 59.8 Å². The standard InChI is InChI=1S/C14H16N4O/c19-14(8-9-15-11-6-7-11)13-10-16-17-18(13)12-4-2-1-3-5-12/h1-5,10-11,15H,6-9H2. The molecular formula is C14H16N4O. The lowest BCUT2D eigenvalue weighted by Crippen LogP contribution is -2.21. The van der Waals surface area contributed by atoms with Crippen LogP contribution in [0.3, 0.4) is 0 Å². The monoisotopic (exact) mass is 256 g/mol. The van der Waals surface area contributed by atoms with Crippen LogP contribution < -0.4 is 5.32 Å². The summed E-state index contributed by atoms with van der Waals surface area (Å²) in [5, 5.41) is 11.2. The zero-order valence-corrected chi connectivity index (χ0v) is 10.6. The van der Waals surface area contributed by atoms with Crippen LogP contribution in [0.15, 0.2) is 36.5 Å². The normalized spacial score (nSPS) is 14.5. The second-order valence-electron chi connectivity index (χ2n) is 4.77. The highest BCUT2D eigenvalue weighted by atomic mass is 16.1. The van der Waals surface area contributed by atoms with Crippen molar-refractivity contribution in [3.63, 3.8) is 0 Å². The van der Waals surface area contributed by atoms with E-state index in [4.69, 9.17) is 0 Å². The van der Waals surface area contributed by atoms with Gasteiger partial charge in [0.05, 0.1) is 11.9 Å². The van der Waals surface area contributed by atoms with Crippen molar-refractivity contribution in [2.45, 2.75) is 25.3 Å². The molecule has 0 amide bonds. The largest absolute Gasteiger partial charge is 0.314 e. The number of rotatable bonds is 6. The summed E-state index contributed by atoms with van der Waals surface area (Å²) in [6.45, 7) is 0.726. The van der Waals surface area contributed by atoms with E-state index >= 15 is 0 Å². The Bertz CT molecular complexity index is 560. The number of carbonyl (C=O) groups is 1. The van der Waals surface area contributed by atoms with Crippen molar-refractivity contribution < 1.29 is 4.79 Å². The molecule has 1 aromatic heterocycles. The number of Topliss-reactive ketones (excluding diaryl/α,β-unsaturated/α-hetero) is 1. The van der Waals surface area contributed by atoms with E-state index in [1.807, 2.05) is 30.3 Å². The van der Waals surface area contributed by atoms with Gasteiger partial charge in [-0.1, -0.05) is 23.4 Å². The first-order valence-electron chi connectivity index (χ1n) is 6.57. The summed E-state index contributed by atoms with van der Waals surface area (Å²) < 4.78 is 1.60. The molecule has 98 valence electrons. The van der Waals surface area contributed by atoms with Crippen LogP contribution in [-0.2, 0) is 0 Å². The van der Waals surface area contributed by atoms with Crippen LogP contribution in [-0.4, -0.2) is 33.4 Å². The zero-order valence-electron chi connectivity index (χ0n) is 10.6. The molecule has 5 heteroatoms. The highest BCUT2D eigenvalue weighted by Crippen LogP contribution is 2.18. The van der Waals surface area contributed by atoms with Gasteiger partial charge in [-0.05, 0) is 25.0 Å². The average molecular weight is 256 g/mol. The van der Waals surface area contributed by atoms with Crippen molar-refractivity contribution in [3.8, 4) is 5.69 Å². The summed E-state index contributed by atoms with van der Waals surface area (Å²) in [4.78, 5) is 12.2. The van der Waals surface area contributed by atoms with Gasteiger partial charge in [-0.25, -0.2) is 4.68 Å².